The highest BCUT2D eigenvalue weighted by molar-refractivity contribution is 5.97. The first-order valence-electron chi connectivity index (χ1n) is 11.4. The Morgan fingerprint density at radius 3 is 2.71 bits per heavy atom. The van der Waals surface area contributed by atoms with Gasteiger partial charge in [0.25, 0.3) is 0 Å². The molecule has 0 radical (unpaired) electrons. The summed E-state index contributed by atoms with van der Waals surface area (Å²) in [5, 5.41) is 34.0. The number of aliphatic hydroxyl groups is 2. The number of nitrogens with zero attached hydrogens (tertiary/aromatic N) is 1. The zero-order valence-electron chi connectivity index (χ0n) is 19.6. The number of aromatic nitrogens is 1. The number of fused-ring (bicyclic) bond motifs is 1. The second kappa shape index (κ2) is 12.1. The Bertz CT molecular complexity index is 1080. The molecule has 0 saturated heterocycles. The molecule has 0 amide bonds. The minimum atomic E-state index is -1.59. The molecule has 0 fully saturated rings. The third kappa shape index (κ3) is 7.14. The largest absolute Gasteiger partial charge is 0.507 e. The fourth-order valence-corrected chi connectivity index (χ4v) is 3.36. The van der Waals surface area contributed by atoms with Crippen molar-refractivity contribution in [2.24, 2.45) is 5.92 Å². The number of aliphatic hydroxyl groups excluding tert-OH is 2. The molecule has 0 spiro atoms. The molecular weight excluding hydrogens is 452 g/mol. The van der Waals surface area contributed by atoms with Gasteiger partial charge in [-0.3, -0.25) is 4.79 Å². The summed E-state index contributed by atoms with van der Waals surface area (Å²) in [6.45, 7) is 4.12. The lowest BCUT2D eigenvalue weighted by Gasteiger charge is -2.20. The topological polar surface area (TPSA) is 138 Å². The van der Waals surface area contributed by atoms with Gasteiger partial charge in [0.2, 0.25) is 0 Å². The predicted octanol–water partition coefficient (Wildman–Crippen LogP) is 2.72. The lowest BCUT2D eigenvalue weighted by Crippen LogP contribution is -2.32. The van der Waals surface area contributed by atoms with E-state index in [1.807, 2.05) is 18.2 Å². The number of phenolic OH excluding ortho intramolecular Hbond substituents is 1. The number of phenols is 1. The highest BCUT2D eigenvalue weighted by atomic mass is 16.5. The molecule has 2 aromatic rings. The number of rotatable bonds is 5. The molecule has 1 aliphatic rings. The Balaban J connectivity index is 1.82. The summed E-state index contributed by atoms with van der Waals surface area (Å²) in [7, 11) is 0. The van der Waals surface area contributed by atoms with Gasteiger partial charge in [-0.05, 0) is 43.2 Å². The van der Waals surface area contributed by atoms with Crippen LogP contribution in [0.25, 0.3) is 6.08 Å². The summed E-state index contributed by atoms with van der Waals surface area (Å²) in [4.78, 5) is 29.2. The van der Waals surface area contributed by atoms with Crippen molar-refractivity contribution in [2.45, 2.75) is 38.6 Å². The number of nitrogens with one attached hydrogen (secondary N) is 1. The van der Waals surface area contributed by atoms with Gasteiger partial charge in [0, 0.05) is 18.2 Å². The summed E-state index contributed by atoms with van der Waals surface area (Å²) < 4.78 is 11.3. The zero-order valence-corrected chi connectivity index (χ0v) is 19.6. The van der Waals surface area contributed by atoms with Crippen LogP contribution in [0.15, 0.2) is 54.8 Å². The van der Waals surface area contributed by atoms with Gasteiger partial charge < -0.3 is 30.1 Å². The number of aromatic hydroxyl groups is 1. The zero-order chi connectivity index (χ0) is 25.4. The molecule has 2 heterocycles. The standard InChI is InChI=1S/C26H30N2O7/c1-16-9-10-21(30)25(32)20(29)7-5-6-18-14-19(15-22(31)24(18)26(33)35-17(16)2)34-13-12-28-23-8-3-4-11-27-23/h3-6,8-11,14-17,20,25,29,31-32H,7,12-13H2,1-2H3,(H,27,28)/b6-5+,10-9-/t16-,17-,20-,25-/m0/s1. The lowest BCUT2D eigenvalue weighted by molar-refractivity contribution is -0.127. The van der Waals surface area contributed by atoms with Crippen LogP contribution in [0, 0.1) is 5.92 Å². The molecule has 9 nitrogen and oxygen atoms in total. The fourth-order valence-electron chi connectivity index (χ4n) is 3.36. The second-order valence-corrected chi connectivity index (χ2v) is 8.28. The van der Waals surface area contributed by atoms with Gasteiger partial charge in [0.15, 0.2) is 5.78 Å². The van der Waals surface area contributed by atoms with Crippen LogP contribution >= 0.6 is 0 Å². The van der Waals surface area contributed by atoms with Crippen molar-refractivity contribution in [1.82, 2.24) is 4.98 Å². The maximum Gasteiger partial charge on any atom is 0.342 e. The van der Waals surface area contributed by atoms with E-state index in [0.29, 0.717) is 23.7 Å². The van der Waals surface area contributed by atoms with Crippen LogP contribution in [0.3, 0.4) is 0 Å². The van der Waals surface area contributed by atoms with Crippen molar-refractivity contribution in [3.8, 4) is 11.5 Å². The number of benzene rings is 1. The Morgan fingerprint density at radius 1 is 1.17 bits per heavy atom. The Morgan fingerprint density at radius 2 is 1.97 bits per heavy atom. The molecule has 186 valence electrons. The summed E-state index contributed by atoms with van der Waals surface area (Å²) >= 11 is 0. The van der Waals surface area contributed by atoms with Crippen LogP contribution in [0.1, 0.15) is 36.2 Å². The van der Waals surface area contributed by atoms with E-state index in [-0.39, 0.29) is 30.3 Å². The number of hydrogen-bond donors (Lipinski definition) is 4. The van der Waals surface area contributed by atoms with Crippen LogP contribution in [-0.2, 0) is 9.53 Å². The second-order valence-electron chi connectivity index (χ2n) is 8.28. The third-order valence-corrected chi connectivity index (χ3v) is 5.60. The number of hydrogen-bond acceptors (Lipinski definition) is 9. The summed E-state index contributed by atoms with van der Waals surface area (Å²) in [6.07, 6.45) is 3.77. The van der Waals surface area contributed by atoms with Crippen molar-refractivity contribution in [3.05, 3.63) is 65.9 Å². The maximum absolute atomic E-state index is 12.9. The van der Waals surface area contributed by atoms with E-state index in [0.717, 1.165) is 0 Å². The van der Waals surface area contributed by atoms with E-state index in [1.54, 1.807) is 26.1 Å². The Hall–Kier alpha value is -3.69. The van der Waals surface area contributed by atoms with Crippen molar-refractivity contribution >= 4 is 23.6 Å². The van der Waals surface area contributed by atoms with Crippen LogP contribution in [0.4, 0.5) is 5.82 Å². The number of cyclic esters (lactones) is 1. The van der Waals surface area contributed by atoms with E-state index in [1.165, 1.54) is 30.4 Å². The summed E-state index contributed by atoms with van der Waals surface area (Å²) in [5.74, 6) is -1.02. The molecule has 3 rings (SSSR count). The normalized spacial score (nSPS) is 25.0. The highest BCUT2D eigenvalue weighted by Gasteiger charge is 2.25. The van der Waals surface area contributed by atoms with Crippen LogP contribution in [0.2, 0.25) is 0 Å². The third-order valence-electron chi connectivity index (χ3n) is 5.60. The van der Waals surface area contributed by atoms with Crippen molar-refractivity contribution in [1.29, 1.82) is 0 Å². The monoisotopic (exact) mass is 482 g/mol. The molecular formula is C26H30N2O7. The number of ether oxygens (including phenoxy) is 2. The van der Waals surface area contributed by atoms with E-state index in [4.69, 9.17) is 9.47 Å². The van der Waals surface area contributed by atoms with Gasteiger partial charge in [-0.1, -0.05) is 31.2 Å². The molecule has 1 aromatic heterocycles. The van der Waals surface area contributed by atoms with Crippen molar-refractivity contribution < 1.29 is 34.4 Å². The van der Waals surface area contributed by atoms with Crippen LogP contribution < -0.4 is 10.1 Å². The SMILES string of the molecule is C[C@@H]1OC(=O)c2c(O)cc(OCCNc3ccccn3)cc2/C=C/C[C@H](O)[C@H](O)C(=O)/C=C\[C@@H]1C. The van der Waals surface area contributed by atoms with Gasteiger partial charge >= 0.3 is 5.97 Å². The van der Waals surface area contributed by atoms with Gasteiger partial charge in [0.05, 0.1) is 12.6 Å². The fraction of sp³-hybridized carbons (Fsp3) is 0.346. The molecule has 0 unspecified atom stereocenters. The van der Waals surface area contributed by atoms with Gasteiger partial charge in [-0.15, -0.1) is 0 Å². The van der Waals surface area contributed by atoms with Gasteiger partial charge in [-0.2, -0.15) is 0 Å². The molecule has 4 atom stereocenters. The molecule has 0 bridgehead atoms. The van der Waals surface area contributed by atoms with Gasteiger partial charge in [-0.25, -0.2) is 9.78 Å². The van der Waals surface area contributed by atoms with E-state index >= 15 is 0 Å². The highest BCUT2D eigenvalue weighted by Crippen LogP contribution is 2.31. The molecule has 35 heavy (non-hydrogen) atoms. The van der Waals surface area contributed by atoms with Crippen LogP contribution in [-0.4, -0.2) is 63.5 Å². The average molecular weight is 483 g/mol. The quantitative estimate of drug-likeness (QED) is 0.374. The summed E-state index contributed by atoms with van der Waals surface area (Å²) in [5.41, 5.74) is 0.259. The first-order valence-corrected chi connectivity index (χ1v) is 11.4. The number of anilines is 1. The minimum Gasteiger partial charge on any atom is -0.507 e. The number of carbonyl (C=O) groups excluding carboxylic acids is 2. The smallest absolute Gasteiger partial charge is 0.342 e. The average Bonchev–Trinajstić information content (AvgIpc) is 2.84. The number of pyridine rings is 1. The van der Waals surface area contributed by atoms with Crippen molar-refractivity contribution in [2.75, 3.05) is 18.5 Å². The van der Waals surface area contributed by atoms with E-state index in [2.05, 4.69) is 10.3 Å². The molecule has 1 aliphatic heterocycles. The Labute approximate surface area is 203 Å². The molecule has 0 saturated carbocycles. The Kier molecular flexibility index (Phi) is 8.99. The summed E-state index contributed by atoms with van der Waals surface area (Å²) in [6, 6.07) is 8.40. The number of carbonyl (C=O) groups is 2. The molecule has 9 heteroatoms. The predicted molar refractivity (Wildman–Crippen MR) is 130 cm³/mol. The number of esters is 1. The first kappa shape index (κ1) is 25.9. The minimum absolute atomic E-state index is 0.0496. The van der Waals surface area contributed by atoms with E-state index in [9.17, 15) is 24.9 Å². The molecule has 1 aromatic carbocycles. The maximum atomic E-state index is 12.9. The molecule has 0 aliphatic carbocycles. The van der Waals surface area contributed by atoms with E-state index < -0.39 is 30.1 Å². The first-order chi connectivity index (χ1) is 16.8. The molecule has 4 N–H and O–H groups in total. The van der Waals surface area contributed by atoms with Gasteiger partial charge in [0.1, 0.15) is 41.7 Å². The van der Waals surface area contributed by atoms with Crippen LogP contribution in [0.5, 0.6) is 11.5 Å². The lowest BCUT2D eigenvalue weighted by atomic mass is 9.99. The van der Waals surface area contributed by atoms with Crippen molar-refractivity contribution in [3.63, 3.8) is 0 Å². The number of ketones is 1.